The zero-order valence-electron chi connectivity index (χ0n) is 11.2. The molecule has 4 nitrogen and oxygen atoms in total. The number of aromatic nitrogens is 2. The Kier molecular flexibility index (Phi) is 3.66. The van der Waals surface area contributed by atoms with E-state index in [-0.39, 0.29) is 12.0 Å². The molecule has 3 rings (SSSR count). The minimum Gasteiger partial charge on any atom is -0.377 e. The van der Waals surface area contributed by atoms with E-state index in [0.29, 0.717) is 5.92 Å². The van der Waals surface area contributed by atoms with Gasteiger partial charge in [0.1, 0.15) is 0 Å². The highest BCUT2D eigenvalue weighted by Crippen LogP contribution is 2.34. The zero-order valence-corrected chi connectivity index (χ0v) is 12.0. The molecule has 0 aliphatic carbocycles. The Morgan fingerprint density at radius 1 is 1.47 bits per heavy atom. The third-order valence-corrected chi connectivity index (χ3v) is 4.38. The van der Waals surface area contributed by atoms with Crippen molar-refractivity contribution < 1.29 is 9.26 Å². The number of ether oxygens (including phenoxy) is 1. The van der Waals surface area contributed by atoms with Crippen molar-refractivity contribution in [3.8, 4) is 0 Å². The van der Waals surface area contributed by atoms with Crippen LogP contribution in [0.15, 0.2) is 22.0 Å². The molecule has 0 aromatic carbocycles. The summed E-state index contributed by atoms with van der Waals surface area (Å²) in [6, 6.07) is 4.14. The maximum absolute atomic E-state index is 5.77. The van der Waals surface area contributed by atoms with Crippen LogP contribution in [0.3, 0.4) is 0 Å². The molecule has 2 aromatic rings. The van der Waals surface area contributed by atoms with Crippen LogP contribution in [-0.4, -0.2) is 22.9 Å². The Balaban J connectivity index is 1.74. The van der Waals surface area contributed by atoms with Crippen LogP contribution in [0.5, 0.6) is 0 Å². The lowest BCUT2D eigenvalue weighted by atomic mass is 9.93. The summed E-state index contributed by atoms with van der Waals surface area (Å²) in [5.74, 6) is 2.24. The minimum absolute atomic E-state index is 0.204. The van der Waals surface area contributed by atoms with E-state index in [1.54, 1.807) is 11.3 Å². The molecule has 0 spiro atoms. The van der Waals surface area contributed by atoms with E-state index in [0.717, 1.165) is 31.2 Å². The SMILES string of the molecule is CC(C)[C@@H]1OCC[C@H]1c1nc(Cc2cccs2)no1. The van der Waals surface area contributed by atoms with Crippen LogP contribution in [-0.2, 0) is 11.2 Å². The Hall–Kier alpha value is -1.20. The van der Waals surface area contributed by atoms with E-state index >= 15 is 0 Å². The van der Waals surface area contributed by atoms with Crippen LogP contribution in [0.25, 0.3) is 0 Å². The molecule has 3 heterocycles. The predicted octanol–water partition coefficient (Wildman–Crippen LogP) is 3.25. The van der Waals surface area contributed by atoms with Gasteiger partial charge in [-0.2, -0.15) is 4.98 Å². The van der Waals surface area contributed by atoms with Gasteiger partial charge in [0, 0.05) is 17.9 Å². The van der Waals surface area contributed by atoms with Gasteiger partial charge in [-0.3, -0.25) is 0 Å². The van der Waals surface area contributed by atoms with Crippen molar-refractivity contribution in [3.63, 3.8) is 0 Å². The third-order valence-electron chi connectivity index (χ3n) is 3.51. The first-order valence-corrected chi connectivity index (χ1v) is 7.58. The van der Waals surface area contributed by atoms with Gasteiger partial charge in [0.15, 0.2) is 5.82 Å². The summed E-state index contributed by atoms with van der Waals surface area (Å²) in [4.78, 5) is 5.81. The van der Waals surface area contributed by atoms with Gasteiger partial charge < -0.3 is 9.26 Å². The Morgan fingerprint density at radius 2 is 2.37 bits per heavy atom. The van der Waals surface area contributed by atoms with E-state index in [9.17, 15) is 0 Å². The number of thiophene rings is 1. The maximum atomic E-state index is 5.77. The van der Waals surface area contributed by atoms with Gasteiger partial charge in [-0.25, -0.2) is 0 Å². The normalized spacial score (nSPS) is 23.3. The molecule has 102 valence electrons. The van der Waals surface area contributed by atoms with Crippen LogP contribution < -0.4 is 0 Å². The van der Waals surface area contributed by atoms with Crippen molar-refractivity contribution in [3.05, 3.63) is 34.1 Å². The van der Waals surface area contributed by atoms with Crippen LogP contribution >= 0.6 is 11.3 Å². The maximum Gasteiger partial charge on any atom is 0.232 e. The molecule has 1 saturated heterocycles. The summed E-state index contributed by atoms with van der Waals surface area (Å²) in [5.41, 5.74) is 0. The highest BCUT2D eigenvalue weighted by molar-refractivity contribution is 7.09. The summed E-state index contributed by atoms with van der Waals surface area (Å²) < 4.78 is 11.2. The van der Waals surface area contributed by atoms with Crippen molar-refractivity contribution in [1.82, 2.24) is 10.1 Å². The summed E-state index contributed by atoms with van der Waals surface area (Å²) in [5, 5.41) is 6.16. The zero-order chi connectivity index (χ0) is 13.2. The van der Waals surface area contributed by atoms with E-state index in [2.05, 4.69) is 35.4 Å². The van der Waals surface area contributed by atoms with Crippen LogP contribution in [0.2, 0.25) is 0 Å². The number of hydrogen-bond acceptors (Lipinski definition) is 5. The molecule has 2 atom stereocenters. The molecule has 2 aromatic heterocycles. The first-order valence-electron chi connectivity index (χ1n) is 6.70. The molecule has 0 saturated carbocycles. The standard InChI is InChI=1S/C14H18N2O2S/c1-9(2)13-11(5-6-17-13)14-15-12(16-18-14)8-10-4-3-7-19-10/h3-4,7,9,11,13H,5-6,8H2,1-2H3/t11-,13+/m1/s1. The predicted molar refractivity (Wildman–Crippen MR) is 73.4 cm³/mol. The molecule has 0 bridgehead atoms. The summed E-state index contributed by atoms with van der Waals surface area (Å²) >= 11 is 1.72. The second-order valence-electron chi connectivity index (χ2n) is 5.28. The quantitative estimate of drug-likeness (QED) is 0.861. The molecule has 5 heteroatoms. The molecule has 0 amide bonds. The second-order valence-corrected chi connectivity index (χ2v) is 6.31. The molecule has 1 fully saturated rings. The monoisotopic (exact) mass is 278 g/mol. The molecular formula is C14H18N2O2S. The van der Waals surface area contributed by atoms with Crippen molar-refractivity contribution in [2.75, 3.05) is 6.61 Å². The van der Waals surface area contributed by atoms with Crippen LogP contribution in [0.1, 0.15) is 42.8 Å². The molecular weight excluding hydrogens is 260 g/mol. The smallest absolute Gasteiger partial charge is 0.232 e. The molecule has 1 aliphatic rings. The molecule has 1 aliphatic heterocycles. The lowest BCUT2D eigenvalue weighted by molar-refractivity contribution is 0.0627. The second kappa shape index (κ2) is 5.43. The molecule has 19 heavy (non-hydrogen) atoms. The first kappa shape index (κ1) is 12.8. The van der Waals surface area contributed by atoms with Crippen LogP contribution in [0, 0.1) is 5.92 Å². The minimum atomic E-state index is 0.204. The van der Waals surface area contributed by atoms with Crippen molar-refractivity contribution in [1.29, 1.82) is 0 Å². The summed E-state index contributed by atoms with van der Waals surface area (Å²) in [7, 11) is 0. The Labute approximate surface area is 116 Å². The average molecular weight is 278 g/mol. The summed E-state index contributed by atoms with van der Waals surface area (Å²) in [6.45, 7) is 5.13. The Bertz CT molecular complexity index is 521. The largest absolute Gasteiger partial charge is 0.377 e. The number of rotatable bonds is 4. The topological polar surface area (TPSA) is 48.2 Å². The highest BCUT2D eigenvalue weighted by atomic mass is 32.1. The lowest BCUT2D eigenvalue weighted by Crippen LogP contribution is -2.21. The fraction of sp³-hybridized carbons (Fsp3) is 0.571. The molecule has 0 radical (unpaired) electrons. The number of hydrogen-bond donors (Lipinski definition) is 0. The van der Waals surface area contributed by atoms with Gasteiger partial charge in [0.25, 0.3) is 0 Å². The average Bonchev–Trinajstić information content (AvgIpc) is 3.09. The summed E-state index contributed by atoms with van der Waals surface area (Å²) in [6.07, 6.45) is 1.93. The fourth-order valence-corrected chi connectivity index (χ4v) is 3.29. The van der Waals surface area contributed by atoms with Crippen molar-refractivity contribution >= 4 is 11.3 Å². The van der Waals surface area contributed by atoms with Gasteiger partial charge in [-0.15, -0.1) is 11.3 Å². The van der Waals surface area contributed by atoms with Gasteiger partial charge in [0.05, 0.1) is 12.0 Å². The van der Waals surface area contributed by atoms with Crippen molar-refractivity contribution in [2.24, 2.45) is 5.92 Å². The van der Waals surface area contributed by atoms with E-state index in [4.69, 9.17) is 9.26 Å². The van der Waals surface area contributed by atoms with Crippen LogP contribution in [0.4, 0.5) is 0 Å². The fourth-order valence-electron chi connectivity index (χ4n) is 2.59. The van der Waals surface area contributed by atoms with Gasteiger partial charge in [-0.1, -0.05) is 25.1 Å². The highest BCUT2D eigenvalue weighted by Gasteiger charge is 2.35. The first-order chi connectivity index (χ1) is 9.24. The number of nitrogens with zero attached hydrogens (tertiary/aromatic N) is 2. The molecule has 0 unspecified atom stereocenters. The van der Waals surface area contributed by atoms with E-state index in [1.165, 1.54) is 4.88 Å². The lowest BCUT2D eigenvalue weighted by Gasteiger charge is -2.18. The third kappa shape index (κ3) is 2.72. The van der Waals surface area contributed by atoms with Gasteiger partial charge in [0.2, 0.25) is 5.89 Å². The molecule has 0 N–H and O–H groups in total. The van der Waals surface area contributed by atoms with Crippen molar-refractivity contribution in [2.45, 2.75) is 38.7 Å². The van der Waals surface area contributed by atoms with Gasteiger partial charge >= 0.3 is 0 Å². The van der Waals surface area contributed by atoms with Gasteiger partial charge in [-0.05, 0) is 23.8 Å². The van der Waals surface area contributed by atoms with E-state index in [1.807, 2.05) is 6.07 Å². The van der Waals surface area contributed by atoms with E-state index < -0.39 is 0 Å². The Morgan fingerprint density at radius 3 is 3.11 bits per heavy atom.